The van der Waals surface area contributed by atoms with E-state index in [1.54, 1.807) is 19.9 Å². The van der Waals surface area contributed by atoms with Gasteiger partial charge in [0, 0.05) is 21.5 Å². The lowest BCUT2D eigenvalue weighted by atomic mass is 9.99. The van der Waals surface area contributed by atoms with Crippen molar-refractivity contribution in [1.82, 2.24) is 5.32 Å². The molecule has 0 heterocycles. The third-order valence-corrected chi connectivity index (χ3v) is 3.98. The Morgan fingerprint density at radius 3 is 2.57 bits per heavy atom. The van der Waals surface area contributed by atoms with Gasteiger partial charge in [0.15, 0.2) is 0 Å². The number of aryl methyl sites for hydroxylation is 1. The highest BCUT2D eigenvalue weighted by Gasteiger charge is 2.22. The van der Waals surface area contributed by atoms with Crippen LogP contribution < -0.4 is 10.6 Å². The number of hydrogen-bond acceptors (Lipinski definition) is 2. The Morgan fingerprint density at radius 2 is 2.00 bits per heavy atom. The molecule has 0 radical (unpaired) electrons. The molecule has 1 aromatic rings. The number of carbonyl (C=O) groups excluding carboxylic acids is 1. The molecule has 0 fully saturated rings. The number of hydrogen-bond donors (Lipinski definition) is 3. The van der Waals surface area contributed by atoms with Gasteiger partial charge in [0.2, 0.25) is 0 Å². The number of anilines is 1. The number of halogens is 2. The number of carboxylic acid groups (broad SMARTS) is 1. The minimum absolute atomic E-state index is 0.00661. The molecule has 0 aromatic heterocycles. The van der Waals surface area contributed by atoms with Gasteiger partial charge in [-0.3, -0.25) is 4.79 Å². The maximum absolute atomic E-state index is 12.0. The zero-order valence-corrected chi connectivity index (χ0v) is 14.4. The quantitative estimate of drug-likeness (QED) is 0.720. The van der Waals surface area contributed by atoms with E-state index in [0.717, 1.165) is 10.0 Å². The Morgan fingerprint density at radius 1 is 1.38 bits per heavy atom. The Labute approximate surface area is 137 Å². The van der Waals surface area contributed by atoms with Gasteiger partial charge in [0.25, 0.3) is 0 Å². The predicted octanol–water partition coefficient (Wildman–Crippen LogP) is 4.18. The van der Waals surface area contributed by atoms with Crippen molar-refractivity contribution in [3.8, 4) is 0 Å². The topological polar surface area (TPSA) is 78.4 Å². The summed E-state index contributed by atoms with van der Waals surface area (Å²) in [5.74, 6) is -0.890. The lowest BCUT2D eigenvalue weighted by Crippen LogP contribution is -2.45. The molecule has 0 bridgehead atoms. The average Bonchev–Trinajstić information content (AvgIpc) is 2.33. The van der Waals surface area contributed by atoms with Crippen LogP contribution in [0.2, 0.25) is 5.02 Å². The van der Waals surface area contributed by atoms with Gasteiger partial charge >= 0.3 is 12.0 Å². The smallest absolute Gasteiger partial charge is 0.319 e. The van der Waals surface area contributed by atoms with Crippen LogP contribution in [0.1, 0.15) is 32.3 Å². The Balaban J connectivity index is 2.69. The second-order valence-corrected chi connectivity index (χ2v) is 6.70. The molecule has 0 atom stereocenters. The first-order chi connectivity index (χ1) is 9.60. The standard InChI is InChI=1S/C14H18BrClN2O3/c1-8-6-9(15)11(7-10(8)16)17-13(21)18-14(2,3)5-4-12(19)20/h6-7H,4-5H2,1-3H3,(H,19,20)(H2,17,18,21). The summed E-state index contributed by atoms with van der Waals surface area (Å²) in [7, 11) is 0. The third-order valence-electron chi connectivity index (χ3n) is 2.91. The number of benzene rings is 1. The summed E-state index contributed by atoms with van der Waals surface area (Å²) in [6.07, 6.45) is 0.332. The highest BCUT2D eigenvalue weighted by atomic mass is 79.9. The predicted molar refractivity (Wildman–Crippen MR) is 87.0 cm³/mol. The van der Waals surface area contributed by atoms with Crippen molar-refractivity contribution in [3.05, 3.63) is 27.2 Å². The SMILES string of the molecule is Cc1cc(Br)c(NC(=O)NC(C)(C)CCC(=O)O)cc1Cl. The fraction of sp³-hybridized carbons (Fsp3) is 0.429. The zero-order valence-electron chi connectivity index (χ0n) is 12.1. The number of amides is 2. The molecule has 5 nitrogen and oxygen atoms in total. The summed E-state index contributed by atoms with van der Waals surface area (Å²) in [6, 6.07) is 3.06. The maximum atomic E-state index is 12.0. The van der Waals surface area contributed by atoms with E-state index < -0.39 is 17.5 Å². The summed E-state index contributed by atoms with van der Waals surface area (Å²) in [5, 5.41) is 14.7. The minimum atomic E-state index is -0.890. The minimum Gasteiger partial charge on any atom is -0.481 e. The molecule has 0 unspecified atom stereocenters. The number of nitrogens with one attached hydrogen (secondary N) is 2. The van der Waals surface area contributed by atoms with Gasteiger partial charge in [0.1, 0.15) is 0 Å². The van der Waals surface area contributed by atoms with Gasteiger partial charge in [-0.25, -0.2) is 4.79 Å². The van der Waals surface area contributed by atoms with Gasteiger partial charge in [-0.05, 0) is 60.8 Å². The molecular formula is C14H18BrClN2O3. The second-order valence-electron chi connectivity index (χ2n) is 5.44. The second kappa shape index (κ2) is 7.13. The van der Waals surface area contributed by atoms with Crippen molar-refractivity contribution in [1.29, 1.82) is 0 Å². The third kappa shape index (κ3) is 5.93. The van der Waals surface area contributed by atoms with Crippen molar-refractivity contribution in [2.24, 2.45) is 0 Å². The number of aliphatic carboxylic acids is 1. The number of carboxylic acids is 1. The van der Waals surface area contributed by atoms with Crippen LogP contribution in [0.4, 0.5) is 10.5 Å². The molecule has 0 aliphatic rings. The van der Waals surface area contributed by atoms with E-state index in [1.165, 1.54) is 0 Å². The van der Waals surface area contributed by atoms with Gasteiger partial charge in [-0.2, -0.15) is 0 Å². The molecule has 116 valence electrons. The van der Waals surface area contributed by atoms with Crippen LogP contribution in [0.3, 0.4) is 0 Å². The summed E-state index contributed by atoms with van der Waals surface area (Å²) < 4.78 is 0.725. The van der Waals surface area contributed by atoms with Crippen molar-refractivity contribution < 1.29 is 14.7 Å². The van der Waals surface area contributed by atoms with Crippen LogP contribution in [-0.4, -0.2) is 22.6 Å². The van der Waals surface area contributed by atoms with Crippen molar-refractivity contribution in [2.75, 3.05) is 5.32 Å². The Hall–Kier alpha value is -1.27. The van der Waals surface area contributed by atoms with E-state index in [9.17, 15) is 9.59 Å². The van der Waals surface area contributed by atoms with Crippen LogP contribution >= 0.6 is 27.5 Å². The molecule has 0 saturated carbocycles. The Kier molecular flexibility index (Phi) is 6.04. The lowest BCUT2D eigenvalue weighted by Gasteiger charge is -2.26. The number of rotatable bonds is 5. The lowest BCUT2D eigenvalue weighted by molar-refractivity contribution is -0.137. The van der Waals surface area contributed by atoms with Gasteiger partial charge in [-0.1, -0.05) is 11.6 Å². The highest BCUT2D eigenvalue weighted by Crippen LogP contribution is 2.29. The first-order valence-electron chi connectivity index (χ1n) is 6.37. The van der Waals surface area contributed by atoms with E-state index in [-0.39, 0.29) is 6.42 Å². The van der Waals surface area contributed by atoms with E-state index >= 15 is 0 Å². The van der Waals surface area contributed by atoms with Crippen molar-refractivity contribution in [2.45, 2.75) is 39.2 Å². The summed E-state index contributed by atoms with van der Waals surface area (Å²) in [5.41, 5.74) is 0.831. The summed E-state index contributed by atoms with van der Waals surface area (Å²) >= 11 is 9.39. The maximum Gasteiger partial charge on any atom is 0.319 e. The molecular weight excluding hydrogens is 360 g/mol. The van der Waals surface area contributed by atoms with Crippen LogP contribution in [-0.2, 0) is 4.79 Å². The molecule has 0 aliphatic heterocycles. The summed E-state index contributed by atoms with van der Waals surface area (Å²) in [4.78, 5) is 22.6. The van der Waals surface area contributed by atoms with E-state index in [1.807, 2.05) is 13.0 Å². The first-order valence-corrected chi connectivity index (χ1v) is 7.54. The zero-order chi connectivity index (χ0) is 16.2. The molecule has 0 saturated heterocycles. The fourth-order valence-corrected chi connectivity index (χ4v) is 2.41. The molecule has 0 aliphatic carbocycles. The fourth-order valence-electron chi connectivity index (χ4n) is 1.68. The normalized spacial score (nSPS) is 11.1. The van der Waals surface area contributed by atoms with Crippen LogP contribution in [0.25, 0.3) is 0 Å². The molecule has 0 spiro atoms. The van der Waals surface area contributed by atoms with E-state index in [4.69, 9.17) is 16.7 Å². The van der Waals surface area contributed by atoms with Crippen LogP contribution in [0.15, 0.2) is 16.6 Å². The number of carbonyl (C=O) groups is 2. The molecule has 3 N–H and O–H groups in total. The monoisotopic (exact) mass is 376 g/mol. The van der Waals surface area contributed by atoms with Crippen molar-refractivity contribution in [3.63, 3.8) is 0 Å². The molecule has 2 amide bonds. The van der Waals surface area contributed by atoms with Crippen LogP contribution in [0, 0.1) is 6.92 Å². The van der Waals surface area contributed by atoms with Crippen LogP contribution in [0.5, 0.6) is 0 Å². The average molecular weight is 378 g/mol. The van der Waals surface area contributed by atoms with Gasteiger partial charge < -0.3 is 15.7 Å². The molecule has 1 aromatic carbocycles. The van der Waals surface area contributed by atoms with E-state index in [2.05, 4.69) is 26.6 Å². The Bertz CT molecular complexity index is 561. The van der Waals surface area contributed by atoms with Gasteiger partial charge in [0.05, 0.1) is 5.69 Å². The summed E-state index contributed by atoms with van der Waals surface area (Å²) in [6.45, 7) is 5.41. The number of urea groups is 1. The molecule has 7 heteroatoms. The highest BCUT2D eigenvalue weighted by molar-refractivity contribution is 9.10. The van der Waals surface area contributed by atoms with Gasteiger partial charge in [-0.15, -0.1) is 0 Å². The first kappa shape index (κ1) is 17.8. The molecule has 21 heavy (non-hydrogen) atoms. The molecule has 1 rings (SSSR count). The van der Waals surface area contributed by atoms with Crippen molar-refractivity contribution >= 4 is 45.2 Å². The van der Waals surface area contributed by atoms with E-state index in [0.29, 0.717) is 17.1 Å². The largest absolute Gasteiger partial charge is 0.481 e.